The average Bonchev–Trinajstić information content (AvgIpc) is 3.20. The van der Waals surface area contributed by atoms with Crippen molar-refractivity contribution in [2.75, 3.05) is 24.5 Å². The molecule has 0 unspecified atom stereocenters. The Kier molecular flexibility index (Phi) is 7.43. The predicted molar refractivity (Wildman–Crippen MR) is 150 cm³/mol. The molecule has 6 rings (SSSR count). The van der Waals surface area contributed by atoms with Crippen LogP contribution in [0.1, 0.15) is 64.1 Å². The summed E-state index contributed by atoms with van der Waals surface area (Å²) in [5, 5.41) is 2.95. The van der Waals surface area contributed by atoms with Crippen molar-refractivity contribution in [1.29, 1.82) is 0 Å². The molecule has 2 aliphatic heterocycles. The van der Waals surface area contributed by atoms with E-state index in [4.69, 9.17) is 11.6 Å². The number of carbonyl (C=O) groups excluding carboxylic acids is 3. The van der Waals surface area contributed by atoms with Crippen LogP contribution in [0.2, 0.25) is 5.02 Å². The standard InChI is InChI=1S/C31H28ClF3N4O3/c32-20-13-23(26(27(34)35)36-14-20)28(40)37-22-10-8-18(9-11-22)15-39-25-7-2-1-6-24(25)31(30(39)42)16-38(17-31)29(41)19-4-3-5-21(33)12-19/h1-7,12-14,18,22,27H,8-11,15-17H2,(H,37,40)/t18-,22-. The van der Waals surface area contributed by atoms with Gasteiger partial charge in [0.1, 0.15) is 16.9 Å². The van der Waals surface area contributed by atoms with Crippen LogP contribution in [0.25, 0.3) is 0 Å². The Bertz CT molecular complexity index is 1550. The third-order valence-corrected chi connectivity index (χ3v) is 8.81. The predicted octanol–water partition coefficient (Wildman–Crippen LogP) is 5.54. The van der Waals surface area contributed by atoms with E-state index in [1.54, 1.807) is 11.0 Å². The van der Waals surface area contributed by atoms with Crippen molar-refractivity contribution in [3.05, 3.63) is 94.0 Å². The van der Waals surface area contributed by atoms with Crippen LogP contribution in [0.15, 0.2) is 60.8 Å². The molecular weight excluding hydrogens is 569 g/mol. The van der Waals surface area contributed by atoms with Crippen molar-refractivity contribution in [3.8, 4) is 0 Å². The highest BCUT2D eigenvalue weighted by atomic mass is 35.5. The number of nitrogens with zero attached hydrogens (tertiary/aromatic N) is 3. The summed E-state index contributed by atoms with van der Waals surface area (Å²) in [5.41, 5.74) is 0.333. The highest BCUT2D eigenvalue weighted by molar-refractivity contribution is 6.30. The first kappa shape index (κ1) is 28.2. The number of rotatable bonds is 6. The van der Waals surface area contributed by atoms with E-state index in [-0.39, 0.29) is 53.0 Å². The summed E-state index contributed by atoms with van der Waals surface area (Å²) >= 11 is 5.90. The number of halogens is 4. The van der Waals surface area contributed by atoms with E-state index in [9.17, 15) is 27.6 Å². The van der Waals surface area contributed by atoms with E-state index in [1.165, 1.54) is 24.3 Å². The second-order valence-corrected chi connectivity index (χ2v) is 11.7. The van der Waals surface area contributed by atoms with Crippen LogP contribution in [0, 0.1) is 11.7 Å². The molecule has 0 atom stereocenters. The number of pyridine rings is 1. The van der Waals surface area contributed by atoms with E-state index in [0.717, 1.165) is 30.3 Å². The number of para-hydroxylation sites is 1. The summed E-state index contributed by atoms with van der Waals surface area (Å²) in [4.78, 5) is 46.6. The summed E-state index contributed by atoms with van der Waals surface area (Å²) in [6.45, 7) is 0.961. The van der Waals surface area contributed by atoms with Crippen molar-refractivity contribution in [2.24, 2.45) is 5.92 Å². The zero-order valence-corrected chi connectivity index (χ0v) is 23.3. The molecule has 218 valence electrons. The topological polar surface area (TPSA) is 82.6 Å². The lowest BCUT2D eigenvalue weighted by molar-refractivity contribution is -0.128. The molecule has 3 aliphatic rings. The molecule has 3 heterocycles. The SMILES string of the molecule is O=C(N[C@H]1CC[C@H](CN2C(=O)C3(CN(C(=O)c4cccc(F)c4)C3)c3ccccc32)CC1)c1cc(Cl)cnc1C(F)F. The second kappa shape index (κ2) is 11.1. The molecule has 42 heavy (non-hydrogen) atoms. The lowest BCUT2D eigenvalue weighted by atomic mass is 9.74. The fraction of sp³-hybridized carbons (Fsp3) is 0.355. The number of anilines is 1. The van der Waals surface area contributed by atoms with Gasteiger partial charge < -0.3 is 15.1 Å². The highest BCUT2D eigenvalue weighted by Crippen LogP contribution is 2.48. The summed E-state index contributed by atoms with van der Waals surface area (Å²) in [7, 11) is 0. The van der Waals surface area contributed by atoms with E-state index < -0.39 is 29.3 Å². The Morgan fingerprint density at radius 3 is 2.50 bits per heavy atom. The number of nitrogens with one attached hydrogen (secondary N) is 1. The van der Waals surface area contributed by atoms with Crippen LogP contribution in [-0.2, 0) is 10.2 Å². The van der Waals surface area contributed by atoms with Crippen LogP contribution in [0.4, 0.5) is 18.9 Å². The number of benzene rings is 2. The summed E-state index contributed by atoms with van der Waals surface area (Å²) in [6, 6.07) is 14.2. The van der Waals surface area contributed by atoms with Crippen molar-refractivity contribution >= 4 is 35.0 Å². The Hall–Kier alpha value is -3.92. The second-order valence-electron chi connectivity index (χ2n) is 11.3. The van der Waals surface area contributed by atoms with Gasteiger partial charge in [0, 0.05) is 43.1 Å². The van der Waals surface area contributed by atoms with Crippen molar-refractivity contribution in [3.63, 3.8) is 0 Å². The first-order valence-electron chi connectivity index (χ1n) is 13.9. The number of hydrogen-bond acceptors (Lipinski definition) is 4. The normalized spacial score (nSPS) is 20.9. The minimum atomic E-state index is -2.90. The van der Waals surface area contributed by atoms with Gasteiger partial charge in [-0.2, -0.15) is 0 Å². The largest absolute Gasteiger partial charge is 0.349 e. The van der Waals surface area contributed by atoms with Crippen LogP contribution < -0.4 is 10.2 Å². The molecule has 0 radical (unpaired) electrons. The van der Waals surface area contributed by atoms with Gasteiger partial charge in [-0.3, -0.25) is 19.4 Å². The third kappa shape index (κ3) is 5.02. The molecule has 7 nitrogen and oxygen atoms in total. The van der Waals surface area contributed by atoms with E-state index in [2.05, 4.69) is 10.3 Å². The number of carbonyl (C=O) groups is 3. The summed E-state index contributed by atoms with van der Waals surface area (Å²) < 4.78 is 40.4. The molecule has 1 N–H and O–H groups in total. The lowest BCUT2D eigenvalue weighted by Crippen LogP contribution is -2.65. The quantitative estimate of drug-likeness (QED) is 0.405. The fourth-order valence-electron chi connectivity index (χ4n) is 6.45. The van der Waals surface area contributed by atoms with Crippen molar-refractivity contribution in [2.45, 2.75) is 43.6 Å². The average molecular weight is 597 g/mol. The maximum absolute atomic E-state index is 13.9. The monoisotopic (exact) mass is 596 g/mol. The molecule has 3 amide bonds. The third-order valence-electron chi connectivity index (χ3n) is 8.60. The molecule has 1 aliphatic carbocycles. The van der Waals surface area contributed by atoms with E-state index in [0.29, 0.717) is 19.4 Å². The van der Waals surface area contributed by atoms with Gasteiger partial charge in [0.25, 0.3) is 18.2 Å². The molecule has 1 spiro atoms. The molecule has 2 aromatic carbocycles. The van der Waals surface area contributed by atoms with Crippen LogP contribution >= 0.6 is 11.6 Å². The highest BCUT2D eigenvalue weighted by Gasteiger charge is 2.59. The summed E-state index contributed by atoms with van der Waals surface area (Å²) in [6.07, 6.45) is 0.951. The Balaban J connectivity index is 1.09. The van der Waals surface area contributed by atoms with E-state index >= 15 is 0 Å². The van der Waals surface area contributed by atoms with Crippen LogP contribution in [0.5, 0.6) is 0 Å². The molecule has 11 heteroatoms. The minimum absolute atomic E-state index is 0.0459. The summed E-state index contributed by atoms with van der Waals surface area (Å²) in [5.74, 6) is -1.29. The molecule has 2 fully saturated rings. The van der Waals surface area contributed by atoms with E-state index in [1.807, 2.05) is 29.2 Å². The maximum atomic E-state index is 13.9. The Morgan fingerprint density at radius 2 is 1.79 bits per heavy atom. The van der Waals surface area contributed by atoms with Crippen LogP contribution in [-0.4, -0.2) is 53.3 Å². The number of likely N-dealkylation sites (tertiary alicyclic amines) is 1. The number of hydrogen-bond donors (Lipinski definition) is 1. The molecule has 1 saturated carbocycles. The zero-order valence-electron chi connectivity index (χ0n) is 22.5. The van der Waals surface area contributed by atoms with Crippen molar-refractivity contribution in [1.82, 2.24) is 15.2 Å². The lowest BCUT2D eigenvalue weighted by Gasteiger charge is -2.47. The number of alkyl halides is 2. The molecular formula is C31H28ClF3N4O3. The molecule has 1 saturated heterocycles. The number of fused-ring (bicyclic) bond motifs is 2. The molecule has 0 bridgehead atoms. The van der Waals surface area contributed by atoms with Gasteiger partial charge in [0.05, 0.1) is 10.6 Å². The fourth-order valence-corrected chi connectivity index (χ4v) is 6.61. The molecule has 1 aromatic heterocycles. The van der Waals surface area contributed by atoms with Gasteiger partial charge in [-0.1, -0.05) is 35.9 Å². The Labute approximate surface area is 245 Å². The molecule has 3 aromatic rings. The van der Waals surface area contributed by atoms with Gasteiger partial charge in [-0.05, 0) is 67.5 Å². The van der Waals surface area contributed by atoms with Gasteiger partial charge in [-0.15, -0.1) is 0 Å². The minimum Gasteiger partial charge on any atom is -0.349 e. The first-order chi connectivity index (χ1) is 20.2. The van der Waals surface area contributed by atoms with Gasteiger partial charge in [0.15, 0.2) is 0 Å². The first-order valence-corrected chi connectivity index (χ1v) is 14.2. The number of aromatic nitrogens is 1. The smallest absolute Gasteiger partial charge is 0.281 e. The van der Waals surface area contributed by atoms with Crippen molar-refractivity contribution < 1.29 is 27.6 Å². The maximum Gasteiger partial charge on any atom is 0.281 e. The zero-order chi connectivity index (χ0) is 29.6. The van der Waals surface area contributed by atoms with Gasteiger partial charge in [-0.25, -0.2) is 13.2 Å². The Morgan fingerprint density at radius 1 is 1.05 bits per heavy atom. The van der Waals surface area contributed by atoms with Gasteiger partial charge >= 0.3 is 0 Å². The van der Waals surface area contributed by atoms with Crippen LogP contribution in [0.3, 0.4) is 0 Å². The number of amides is 3. The van der Waals surface area contributed by atoms with Gasteiger partial charge in [0.2, 0.25) is 5.91 Å².